The number of nitriles is 2. The molecule has 24 heavy (non-hydrogen) atoms. The van der Waals surface area contributed by atoms with Crippen LogP contribution >= 0.6 is 0 Å². The Labute approximate surface area is 143 Å². The van der Waals surface area contributed by atoms with Crippen molar-refractivity contribution in [2.45, 2.75) is 20.4 Å². The lowest BCUT2D eigenvalue weighted by Gasteiger charge is -2.29. The fraction of sp³-hybridized carbons (Fsp3) is 0.316. The molecule has 0 aromatic carbocycles. The fourth-order valence-corrected chi connectivity index (χ4v) is 2.59. The van der Waals surface area contributed by atoms with Crippen LogP contribution < -0.4 is 4.57 Å². The van der Waals surface area contributed by atoms with Gasteiger partial charge in [-0.25, -0.2) is 4.57 Å². The molecule has 1 aliphatic heterocycles. The zero-order valence-corrected chi connectivity index (χ0v) is 14.1. The van der Waals surface area contributed by atoms with E-state index in [1.54, 1.807) is 0 Å². The summed E-state index contributed by atoms with van der Waals surface area (Å²) in [6.45, 7) is 6.79. The molecule has 0 radical (unpaired) electrons. The van der Waals surface area contributed by atoms with Crippen molar-refractivity contribution in [1.82, 2.24) is 4.90 Å². The maximum absolute atomic E-state index is 8.99. The summed E-state index contributed by atoms with van der Waals surface area (Å²) in [4.78, 5) is 2.13. The van der Waals surface area contributed by atoms with Gasteiger partial charge in [-0.1, -0.05) is 6.07 Å². The molecule has 0 unspecified atom stereocenters. The van der Waals surface area contributed by atoms with Gasteiger partial charge in [-0.2, -0.15) is 10.5 Å². The second-order valence-electron chi connectivity index (χ2n) is 5.50. The zero-order valence-electron chi connectivity index (χ0n) is 14.1. The van der Waals surface area contributed by atoms with Gasteiger partial charge in [0.15, 0.2) is 18.9 Å². The SMILES string of the molecule is CC1=CC(=C(C#N)C#N)C=C(C)N1CCOCC[n+]1ccccc1. The van der Waals surface area contributed by atoms with Crippen LogP contribution in [0.3, 0.4) is 0 Å². The van der Waals surface area contributed by atoms with Gasteiger partial charge in [0, 0.05) is 35.6 Å². The van der Waals surface area contributed by atoms with Crippen LogP contribution in [0.15, 0.2) is 65.3 Å². The highest BCUT2D eigenvalue weighted by Crippen LogP contribution is 2.24. The highest BCUT2D eigenvalue weighted by atomic mass is 16.5. The van der Waals surface area contributed by atoms with E-state index in [4.69, 9.17) is 15.3 Å². The van der Waals surface area contributed by atoms with E-state index in [1.165, 1.54) is 0 Å². The molecule has 0 saturated carbocycles. The van der Waals surface area contributed by atoms with Crippen molar-refractivity contribution in [3.63, 3.8) is 0 Å². The van der Waals surface area contributed by atoms with E-state index in [9.17, 15) is 0 Å². The number of aromatic nitrogens is 1. The third-order valence-corrected chi connectivity index (χ3v) is 3.82. The normalized spacial score (nSPS) is 13.7. The molecule has 1 aromatic heterocycles. The molecular formula is C19H21N4O+. The smallest absolute Gasteiger partial charge is 0.171 e. The lowest BCUT2D eigenvalue weighted by atomic mass is 10.0. The first kappa shape index (κ1) is 17.5. The molecule has 0 aliphatic carbocycles. The minimum Gasteiger partial charge on any atom is -0.373 e. The predicted molar refractivity (Wildman–Crippen MR) is 89.9 cm³/mol. The van der Waals surface area contributed by atoms with Crippen LogP contribution in [0.5, 0.6) is 0 Å². The van der Waals surface area contributed by atoms with Crippen molar-refractivity contribution < 1.29 is 9.30 Å². The van der Waals surface area contributed by atoms with E-state index in [-0.39, 0.29) is 5.57 Å². The van der Waals surface area contributed by atoms with Crippen molar-refractivity contribution >= 4 is 0 Å². The Bertz CT molecular complexity index is 710. The van der Waals surface area contributed by atoms with E-state index in [0.29, 0.717) is 18.8 Å². The van der Waals surface area contributed by atoms with Gasteiger partial charge in [0.05, 0.1) is 6.61 Å². The Hall–Kier alpha value is -2.89. The van der Waals surface area contributed by atoms with Crippen molar-refractivity contribution in [2.24, 2.45) is 0 Å². The maximum Gasteiger partial charge on any atom is 0.171 e. The van der Waals surface area contributed by atoms with Gasteiger partial charge < -0.3 is 9.64 Å². The van der Waals surface area contributed by atoms with Crippen LogP contribution in [-0.2, 0) is 11.3 Å². The Morgan fingerprint density at radius 2 is 1.67 bits per heavy atom. The third-order valence-electron chi connectivity index (χ3n) is 3.82. The molecule has 0 amide bonds. The Morgan fingerprint density at radius 1 is 1.04 bits per heavy atom. The number of ether oxygens (including phenoxy) is 1. The molecule has 0 N–H and O–H groups in total. The van der Waals surface area contributed by atoms with Crippen LogP contribution in [-0.4, -0.2) is 24.7 Å². The summed E-state index contributed by atoms with van der Waals surface area (Å²) in [6, 6.07) is 9.86. The Morgan fingerprint density at radius 3 is 2.25 bits per heavy atom. The highest BCUT2D eigenvalue weighted by Gasteiger charge is 2.15. The average Bonchev–Trinajstić information content (AvgIpc) is 2.59. The van der Waals surface area contributed by atoms with Gasteiger partial charge in [-0.15, -0.1) is 0 Å². The number of rotatable bonds is 6. The fourth-order valence-electron chi connectivity index (χ4n) is 2.59. The molecule has 2 heterocycles. The average molecular weight is 321 g/mol. The van der Waals surface area contributed by atoms with E-state index in [2.05, 4.69) is 9.47 Å². The van der Waals surface area contributed by atoms with Crippen LogP contribution in [0.2, 0.25) is 0 Å². The molecule has 1 aromatic rings. The van der Waals surface area contributed by atoms with Gasteiger partial charge in [-0.3, -0.25) is 0 Å². The maximum atomic E-state index is 8.99. The second kappa shape index (κ2) is 8.67. The van der Waals surface area contributed by atoms with Crippen molar-refractivity contribution in [2.75, 3.05) is 19.8 Å². The molecule has 5 nitrogen and oxygen atoms in total. The standard InChI is InChI=1S/C19H21N4O/c1-16-12-18(19(14-20)15-21)13-17(2)23(16)9-11-24-10-8-22-6-4-3-5-7-22/h3-7,12-13H,8-11H2,1-2H3/q+1. The molecule has 0 spiro atoms. The van der Waals surface area contributed by atoms with Gasteiger partial charge in [-0.05, 0) is 26.0 Å². The largest absolute Gasteiger partial charge is 0.373 e. The van der Waals surface area contributed by atoms with Crippen molar-refractivity contribution in [1.29, 1.82) is 10.5 Å². The Balaban J connectivity index is 1.85. The zero-order chi connectivity index (χ0) is 17.4. The molecular weight excluding hydrogens is 300 g/mol. The molecule has 0 atom stereocenters. The van der Waals surface area contributed by atoms with Crippen molar-refractivity contribution in [3.8, 4) is 12.1 Å². The highest BCUT2D eigenvalue weighted by molar-refractivity contribution is 5.53. The Kier molecular flexibility index (Phi) is 6.31. The minimum atomic E-state index is 0.143. The quantitative estimate of drug-likeness (QED) is 0.459. The first-order chi connectivity index (χ1) is 11.7. The number of hydrogen-bond donors (Lipinski definition) is 0. The first-order valence-electron chi connectivity index (χ1n) is 7.86. The summed E-state index contributed by atoms with van der Waals surface area (Å²) >= 11 is 0. The van der Waals surface area contributed by atoms with E-state index in [0.717, 1.165) is 24.5 Å². The number of hydrogen-bond acceptors (Lipinski definition) is 4. The molecule has 5 heteroatoms. The summed E-state index contributed by atoms with van der Waals surface area (Å²) in [7, 11) is 0. The number of pyridine rings is 1. The third kappa shape index (κ3) is 4.55. The minimum absolute atomic E-state index is 0.143. The van der Waals surface area contributed by atoms with Crippen molar-refractivity contribution in [3.05, 3.63) is 65.3 Å². The number of nitrogens with zero attached hydrogens (tertiary/aromatic N) is 4. The van der Waals surface area contributed by atoms with Gasteiger partial charge in [0.2, 0.25) is 0 Å². The van der Waals surface area contributed by atoms with Gasteiger partial charge in [0.25, 0.3) is 0 Å². The van der Waals surface area contributed by atoms with E-state index < -0.39 is 0 Å². The summed E-state index contributed by atoms with van der Waals surface area (Å²) in [6.07, 6.45) is 7.77. The number of allylic oxidation sites excluding steroid dienone is 6. The second-order valence-corrected chi connectivity index (χ2v) is 5.50. The van der Waals surface area contributed by atoms with Crippen LogP contribution in [0.1, 0.15) is 13.8 Å². The summed E-state index contributed by atoms with van der Waals surface area (Å²) < 4.78 is 7.80. The molecule has 1 aliphatic rings. The molecule has 2 rings (SSSR count). The lowest BCUT2D eigenvalue weighted by Crippen LogP contribution is -2.35. The first-order valence-corrected chi connectivity index (χ1v) is 7.86. The molecule has 0 fully saturated rings. The molecule has 0 saturated heterocycles. The summed E-state index contributed by atoms with van der Waals surface area (Å²) in [5.41, 5.74) is 2.83. The van der Waals surface area contributed by atoms with Gasteiger partial charge >= 0.3 is 0 Å². The lowest BCUT2D eigenvalue weighted by molar-refractivity contribution is -0.698. The topological polar surface area (TPSA) is 63.9 Å². The summed E-state index contributed by atoms with van der Waals surface area (Å²) in [5.74, 6) is 0. The monoisotopic (exact) mass is 321 g/mol. The van der Waals surface area contributed by atoms with Crippen LogP contribution in [0.4, 0.5) is 0 Å². The van der Waals surface area contributed by atoms with Crippen LogP contribution in [0, 0.1) is 22.7 Å². The van der Waals surface area contributed by atoms with E-state index in [1.807, 2.05) is 68.7 Å². The predicted octanol–water partition coefficient (Wildman–Crippen LogP) is 2.46. The van der Waals surface area contributed by atoms with E-state index >= 15 is 0 Å². The van der Waals surface area contributed by atoms with Gasteiger partial charge in [0.1, 0.15) is 24.3 Å². The molecule has 0 bridgehead atoms. The molecule has 122 valence electrons. The summed E-state index contributed by atoms with van der Waals surface area (Å²) in [5, 5.41) is 18.0. The van der Waals surface area contributed by atoms with Crippen LogP contribution in [0.25, 0.3) is 0 Å².